The van der Waals surface area contributed by atoms with Crippen molar-refractivity contribution in [2.45, 2.75) is 77.4 Å². The lowest BCUT2D eigenvalue weighted by molar-refractivity contribution is -0.130. The van der Waals surface area contributed by atoms with Crippen LogP contribution >= 0.6 is 11.3 Å². The van der Waals surface area contributed by atoms with Gasteiger partial charge in [0.05, 0.1) is 23.2 Å². The van der Waals surface area contributed by atoms with Gasteiger partial charge in [0.1, 0.15) is 18.0 Å². The number of cyclic esters (lactones) is 1. The Morgan fingerprint density at radius 2 is 1.97 bits per heavy atom. The van der Waals surface area contributed by atoms with Crippen LogP contribution in [-0.4, -0.2) is 42.3 Å². The first kappa shape index (κ1) is 26.2. The molecule has 1 fully saturated rings. The fourth-order valence-corrected chi connectivity index (χ4v) is 5.38. The molecule has 1 aliphatic rings. The first-order valence-electron chi connectivity index (χ1n) is 11.3. The highest BCUT2D eigenvalue weighted by Gasteiger charge is 2.45. The van der Waals surface area contributed by atoms with E-state index in [0.717, 1.165) is 15.5 Å². The summed E-state index contributed by atoms with van der Waals surface area (Å²) in [6.07, 6.45) is -1.41. The zero-order chi connectivity index (χ0) is 25.3. The molecule has 1 saturated heterocycles. The minimum absolute atomic E-state index is 0.190. The number of carbonyl (C=O) groups excluding carboxylic acids is 2. The molecular formula is C25H33FN2O4SSi. The molecule has 0 aliphatic carbocycles. The summed E-state index contributed by atoms with van der Waals surface area (Å²) in [5.41, 5.74) is 1.28. The summed E-state index contributed by atoms with van der Waals surface area (Å²) in [6.45, 7) is 13.8. The van der Waals surface area contributed by atoms with E-state index in [1.54, 1.807) is 12.3 Å². The van der Waals surface area contributed by atoms with E-state index < -0.39 is 44.4 Å². The van der Waals surface area contributed by atoms with Crippen LogP contribution in [0.15, 0.2) is 41.5 Å². The number of aromatic nitrogens is 1. The molecule has 0 unspecified atom stereocenters. The molecule has 34 heavy (non-hydrogen) atoms. The highest BCUT2D eigenvalue weighted by atomic mass is 32.1. The van der Waals surface area contributed by atoms with Crippen LogP contribution in [0.3, 0.4) is 0 Å². The first-order valence-corrected chi connectivity index (χ1v) is 15.1. The topological polar surface area (TPSA) is 68.7 Å². The van der Waals surface area contributed by atoms with Gasteiger partial charge in [0.15, 0.2) is 8.32 Å². The fraction of sp³-hybridized carbons (Fsp3) is 0.480. The Balaban J connectivity index is 1.85. The van der Waals surface area contributed by atoms with Crippen molar-refractivity contribution < 1.29 is 23.1 Å². The first-order chi connectivity index (χ1) is 15.8. The van der Waals surface area contributed by atoms with Crippen LogP contribution in [0.2, 0.25) is 18.1 Å². The number of hydrogen-bond acceptors (Lipinski definition) is 6. The van der Waals surface area contributed by atoms with Gasteiger partial charge in [-0.2, -0.15) is 0 Å². The van der Waals surface area contributed by atoms with Gasteiger partial charge < -0.3 is 9.16 Å². The Hall–Kier alpha value is -2.36. The van der Waals surface area contributed by atoms with Gasteiger partial charge in [-0.15, -0.1) is 11.3 Å². The molecule has 1 aliphatic heterocycles. The maximum Gasteiger partial charge on any atom is 0.417 e. The van der Waals surface area contributed by atoms with Crippen LogP contribution in [0.1, 0.15) is 56.5 Å². The second-order valence-electron chi connectivity index (χ2n) is 10.1. The molecule has 1 aromatic carbocycles. The van der Waals surface area contributed by atoms with Crippen molar-refractivity contribution >= 4 is 37.7 Å². The van der Waals surface area contributed by atoms with Crippen LogP contribution in [0, 0.1) is 6.92 Å². The third-order valence-electron chi connectivity index (χ3n) is 6.50. The number of imide groups is 1. The summed E-state index contributed by atoms with van der Waals surface area (Å²) >= 11 is 1.42. The second kappa shape index (κ2) is 10.1. The third kappa shape index (κ3) is 5.82. The van der Waals surface area contributed by atoms with E-state index >= 15 is 4.39 Å². The predicted molar refractivity (Wildman–Crippen MR) is 135 cm³/mol. The zero-order valence-corrected chi connectivity index (χ0v) is 22.6. The molecule has 2 amide bonds. The van der Waals surface area contributed by atoms with E-state index in [-0.39, 0.29) is 11.5 Å². The van der Waals surface area contributed by atoms with Gasteiger partial charge in [-0.25, -0.2) is 19.1 Å². The Kier molecular flexibility index (Phi) is 7.79. The normalized spacial score (nSPS) is 20.4. The maximum atomic E-state index is 15.5. The number of ether oxygens (including phenoxy) is 1. The summed E-state index contributed by atoms with van der Waals surface area (Å²) in [5, 5.41) is 2.38. The number of aryl methyl sites for hydroxylation is 1. The van der Waals surface area contributed by atoms with Crippen LogP contribution in [-0.2, 0) is 14.0 Å². The molecule has 184 valence electrons. The van der Waals surface area contributed by atoms with Crippen molar-refractivity contribution in [1.29, 1.82) is 0 Å². The molecular weight excluding hydrogens is 471 g/mol. The van der Waals surface area contributed by atoms with Gasteiger partial charge in [-0.05, 0) is 43.6 Å². The van der Waals surface area contributed by atoms with Crippen molar-refractivity contribution in [2.24, 2.45) is 0 Å². The molecule has 0 bridgehead atoms. The van der Waals surface area contributed by atoms with Gasteiger partial charge in [-0.1, -0.05) is 51.1 Å². The number of carbonyl (C=O) groups is 2. The number of rotatable bonds is 7. The molecule has 0 spiro atoms. The lowest BCUT2D eigenvalue weighted by Gasteiger charge is -2.39. The highest BCUT2D eigenvalue weighted by Crippen LogP contribution is 2.39. The Morgan fingerprint density at radius 3 is 2.53 bits per heavy atom. The molecule has 2 heterocycles. The van der Waals surface area contributed by atoms with Crippen molar-refractivity contribution in [3.8, 4) is 0 Å². The number of hydrogen-bond donors (Lipinski definition) is 0. The molecule has 2 aromatic rings. The molecule has 9 heteroatoms. The average Bonchev–Trinajstić information content (AvgIpc) is 3.28. The van der Waals surface area contributed by atoms with Crippen LogP contribution < -0.4 is 0 Å². The SMILES string of the molecule is Cc1nc(C=C(F)[C@H](CC(=O)N2C(=O)O[C@H](c3ccccc3)[C@@H]2C)O[Si](C)(C)C(C)(C)C)cs1. The summed E-state index contributed by atoms with van der Waals surface area (Å²) in [4.78, 5) is 31.3. The Morgan fingerprint density at radius 1 is 1.32 bits per heavy atom. The van der Waals surface area contributed by atoms with E-state index in [2.05, 4.69) is 4.98 Å². The third-order valence-corrected chi connectivity index (χ3v) is 11.8. The molecule has 1 aromatic heterocycles. The smallest absolute Gasteiger partial charge is 0.417 e. The highest BCUT2D eigenvalue weighted by molar-refractivity contribution is 7.09. The van der Waals surface area contributed by atoms with E-state index in [1.165, 1.54) is 17.4 Å². The lowest BCUT2D eigenvalue weighted by atomic mass is 10.0. The van der Waals surface area contributed by atoms with Crippen LogP contribution in [0.5, 0.6) is 0 Å². The van der Waals surface area contributed by atoms with Gasteiger partial charge in [0.2, 0.25) is 5.91 Å². The molecule has 6 nitrogen and oxygen atoms in total. The Labute approximate surface area is 205 Å². The molecule has 3 atom stereocenters. The second-order valence-corrected chi connectivity index (χ2v) is 15.9. The van der Waals surface area contributed by atoms with Crippen LogP contribution in [0.25, 0.3) is 6.08 Å². The van der Waals surface area contributed by atoms with E-state index in [0.29, 0.717) is 5.69 Å². The number of amides is 2. The lowest BCUT2D eigenvalue weighted by Crippen LogP contribution is -2.46. The summed E-state index contributed by atoms with van der Waals surface area (Å²) in [5.74, 6) is -1.11. The number of thiazole rings is 1. The van der Waals surface area contributed by atoms with E-state index in [1.807, 2.05) is 71.1 Å². The van der Waals surface area contributed by atoms with Crippen molar-refractivity contribution in [3.05, 3.63) is 57.8 Å². The van der Waals surface area contributed by atoms with E-state index in [4.69, 9.17) is 9.16 Å². The van der Waals surface area contributed by atoms with E-state index in [9.17, 15) is 9.59 Å². The van der Waals surface area contributed by atoms with Crippen LogP contribution in [0.4, 0.5) is 9.18 Å². The van der Waals surface area contributed by atoms with Crippen molar-refractivity contribution in [1.82, 2.24) is 9.88 Å². The molecule has 0 saturated carbocycles. The summed E-state index contributed by atoms with van der Waals surface area (Å²) < 4.78 is 27.3. The largest absolute Gasteiger partial charge is 0.439 e. The van der Waals surface area contributed by atoms with Crippen molar-refractivity contribution in [3.63, 3.8) is 0 Å². The summed E-state index contributed by atoms with van der Waals surface area (Å²) in [7, 11) is -2.43. The van der Waals surface area contributed by atoms with Gasteiger partial charge in [-0.3, -0.25) is 4.79 Å². The summed E-state index contributed by atoms with van der Waals surface area (Å²) in [6, 6.07) is 8.75. The molecule has 0 N–H and O–H groups in total. The van der Waals surface area contributed by atoms with Crippen molar-refractivity contribution in [2.75, 3.05) is 0 Å². The number of benzene rings is 1. The van der Waals surface area contributed by atoms with Gasteiger partial charge >= 0.3 is 6.09 Å². The standard InChI is InChI=1S/C25H33FN2O4SSi/c1-16-23(18-11-9-8-10-12-18)31-24(30)28(16)22(29)14-21(32-34(6,7)25(3,4)5)20(26)13-19-15-33-17(2)27-19/h8-13,15-16,21,23H,14H2,1-7H3/t16-,21-,23-/m0/s1. The van der Waals surface area contributed by atoms with Gasteiger partial charge in [0, 0.05) is 5.38 Å². The fourth-order valence-electron chi connectivity index (χ4n) is 3.55. The number of nitrogens with zero attached hydrogens (tertiary/aromatic N) is 2. The quantitative estimate of drug-likeness (QED) is 0.395. The predicted octanol–water partition coefficient (Wildman–Crippen LogP) is 6.65. The number of halogens is 1. The monoisotopic (exact) mass is 504 g/mol. The average molecular weight is 505 g/mol. The maximum absolute atomic E-state index is 15.5. The minimum atomic E-state index is -2.43. The molecule has 0 radical (unpaired) electrons. The zero-order valence-electron chi connectivity index (χ0n) is 20.8. The minimum Gasteiger partial charge on any atom is -0.439 e. The van der Waals surface area contributed by atoms with Gasteiger partial charge in [0.25, 0.3) is 0 Å². The Bertz CT molecular complexity index is 1060. The molecule has 3 rings (SSSR count).